The van der Waals surface area contributed by atoms with Crippen molar-refractivity contribution in [1.29, 1.82) is 0 Å². The van der Waals surface area contributed by atoms with Gasteiger partial charge in [-0.3, -0.25) is 0 Å². The molecular weight excluding hydrogens is 189 g/mol. The van der Waals surface area contributed by atoms with Crippen LogP contribution in [0.1, 0.15) is 18.4 Å². The average molecular weight is 205 g/mol. The van der Waals surface area contributed by atoms with Crippen molar-refractivity contribution < 1.29 is 10.0 Å². The summed E-state index contributed by atoms with van der Waals surface area (Å²) in [4.78, 5) is 2.33. The Balaban J connectivity index is 2.24. The van der Waals surface area contributed by atoms with Gasteiger partial charge in [0, 0.05) is 18.8 Å². The first kappa shape index (κ1) is 10.5. The van der Waals surface area contributed by atoms with Crippen LogP contribution in [0.5, 0.6) is 0 Å². The molecule has 80 valence electrons. The fraction of sp³-hybridized carbons (Fsp3) is 0.455. The normalized spacial score (nSPS) is 15.8. The second-order valence-corrected chi connectivity index (χ2v) is 4.11. The van der Waals surface area contributed by atoms with Gasteiger partial charge in [-0.1, -0.05) is 6.07 Å². The smallest absolute Gasteiger partial charge is 0.423 e. The molecule has 0 unspecified atom stereocenters. The molecular formula is C11H16BNO2. The van der Waals surface area contributed by atoms with Crippen LogP contribution in [0.2, 0.25) is 0 Å². The third-order valence-electron chi connectivity index (χ3n) is 3.00. The Hall–Kier alpha value is -0.995. The zero-order valence-electron chi connectivity index (χ0n) is 8.98. The van der Waals surface area contributed by atoms with Crippen LogP contribution in [0.25, 0.3) is 0 Å². The minimum Gasteiger partial charge on any atom is -0.423 e. The number of hydrogen-bond acceptors (Lipinski definition) is 3. The maximum atomic E-state index is 9.10. The van der Waals surface area contributed by atoms with Crippen molar-refractivity contribution in [2.75, 3.05) is 18.0 Å². The summed E-state index contributed by atoms with van der Waals surface area (Å²) in [6, 6.07) is 5.79. The summed E-state index contributed by atoms with van der Waals surface area (Å²) in [6.45, 7) is 4.13. The molecule has 1 heterocycles. The molecule has 1 aromatic carbocycles. The number of nitrogens with zero attached hydrogens (tertiary/aromatic N) is 1. The van der Waals surface area contributed by atoms with Gasteiger partial charge in [0.05, 0.1) is 0 Å². The molecule has 1 aromatic rings. The fourth-order valence-electron chi connectivity index (χ4n) is 2.12. The Morgan fingerprint density at radius 3 is 2.40 bits per heavy atom. The largest absolute Gasteiger partial charge is 0.488 e. The molecule has 0 saturated carbocycles. The maximum Gasteiger partial charge on any atom is 0.488 e. The molecule has 0 spiro atoms. The van der Waals surface area contributed by atoms with Gasteiger partial charge in [-0.15, -0.1) is 0 Å². The van der Waals surface area contributed by atoms with Crippen molar-refractivity contribution in [3.8, 4) is 0 Å². The summed E-state index contributed by atoms with van der Waals surface area (Å²) in [5.74, 6) is 0. The quantitative estimate of drug-likeness (QED) is 0.681. The van der Waals surface area contributed by atoms with Crippen LogP contribution < -0.4 is 10.4 Å². The van der Waals surface area contributed by atoms with Crippen molar-refractivity contribution in [1.82, 2.24) is 0 Å². The zero-order chi connectivity index (χ0) is 10.8. The Bertz CT molecular complexity index is 348. The van der Waals surface area contributed by atoms with Crippen LogP contribution in [-0.2, 0) is 0 Å². The van der Waals surface area contributed by atoms with Gasteiger partial charge >= 0.3 is 7.12 Å². The number of rotatable bonds is 2. The highest BCUT2D eigenvalue weighted by molar-refractivity contribution is 6.59. The van der Waals surface area contributed by atoms with Crippen molar-refractivity contribution in [3.05, 3.63) is 23.8 Å². The van der Waals surface area contributed by atoms with Gasteiger partial charge in [0.15, 0.2) is 0 Å². The predicted molar refractivity (Wildman–Crippen MR) is 62.5 cm³/mol. The molecule has 0 atom stereocenters. The molecule has 1 saturated heterocycles. The molecule has 0 aliphatic carbocycles. The zero-order valence-corrected chi connectivity index (χ0v) is 8.98. The summed E-state index contributed by atoms with van der Waals surface area (Å²) in [7, 11) is -1.36. The highest BCUT2D eigenvalue weighted by Gasteiger charge is 2.17. The Morgan fingerprint density at radius 2 is 1.87 bits per heavy atom. The molecule has 0 amide bonds. The molecule has 1 aliphatic rings. The van der Waals surface area contributed by atoms with E-state index in [0.29, 0.717) is 5.46 Å². The monoisotopic (exact) mass is 205 g/mol. The molecule has 4 heteroatoms. The van der Waals surface area contributed by atoms with E-state index in [1.165, 1.54) is 18.5 Å². The van der Waals surface area contributed by atoms with Gasteiger partial charge in [-0.25, -0.2) is 0 Å². The number of aryl methyl sites for hydroxylation is 1. The van der Waals surface area contributed by atoms with Gasteiger partial charge in [-0.2, -0.15) is 0 Å². The maximum absolute atomic E-state index is 9.10. The van der Waals surface area contributed by atoms with Crippen LogP contribution in [0, 0.1) is 6.92 Å². The summed E-state index contributed by atoms with van der Waals surface area (Å²) < 4.78 is 0. The molecule has 1 fully saturated rings. The Labute approximate surface area is 90.5 Å². The highest BCUT2D eigenvalue weighted by Crippen LogP contribution is 2.20. The second kappa shape index (κ2) is 4.25. The van der Waals surface area contributed by atoms with E-state index in [9.17, 15) is 0 Å². The van der Waals surface area contributed by atoms with E-state index in [4.69, 9.17) is 10.0 Å². The van der Waals surface area contributed by atoms with Crippen LogP contribution >= 0.6 is 0 Å². The molecule has 0 aromatic heterocycles. The standard InChI is InChI=1S/C11H16BNO2/c1-9-8-10(13-6-2-3-7-13)4-5-11(9)12(14)15/h4-5,8,14-15H,2-3,6-7H2,1H3. The molecule has 0 bridgehead atoms. The molecule has 3 nitrogen and oxygen atoms in total. The van der Waals surface area contributed by atoms with Crippen LogP contribution in [0.15, 0.2) is 18.2 Å². The van der Waals surface area contributed by atoms with Crippen molar-refractivity contribution in [2.24, 2.45) is 0 Å². The summed E-state index contributed by atoms with van der Waals surface area (Å²) >= 11 is 0. The number of hydrogen-bond donors (Lipinski definition) is 2. The topological polar surface area (TPSA) is 43.7 Å². The fourth-order valence-corrected chi connectivity index (χ4v) is 2.12. The van der Waals surface area contributed by atoms with E-state index < -0.39 is 7.12 Å². The highest BCUT2D eigenvalue weighted by atomic mass is 16.4. The van der Waals surface area contributed by atoms with Crippen LogP contribution in [0.4, 0.5) is 5.69 Å². The van der Waals surface area contributed by atoms with Gasteiger partial charge in [0.25, 0.3) is 0 Å². The van der Waals surface area contributed by atoms with Crippen molar-refractivity contribution in [3.63, 3.8) is 0 Å². The predicted octanol–water partition coefficient (Wildman–Crippen LogP) is 0.275. The lowest BCUT2D eigenvalue weighted by molar-refractivity contribution is 0.425. The van der Waals surface area contributed by atoms with E-state index in [1.807, 2.05) is 19.1 Å². The molecule has 1 aliphatic heterocycles. The molecule has 2 rings (SSSR count). The summed E-state index contributed by atoms with van der Waals surface area (Å²) in [6.07, 6.45) is 2.51. The van der Waals surface area contributed by atoms with E-state index in [1.54, 1.807) is 6.07 Å². The first-order valence-corrected chi connectivity index (χ1v) is 5.40. The molecule has 2 N–H and O–H groups in total. The van der Waals surface area contributed by atoms with Crippen molar-refractivity contribution in [2.45, 2.75) is 19.8 Å². The lowest BCUT2D eigenvalue weighted by atomic mass is 9.77. The Kier molecular flexibility index (Phi) is 2.98. The van der Waals surface area contributed by atoms with Gasteiger partial charge in [-0.05, 0) is 42.9 Å². The summed E-state index contributed by atoms with van der Waals surface area (Å²) in [5.41, 5.74) is 2.72. The van der Waals surface area contributed by atoms with Gasteiger partial charge in [0.1, 0.15) is 0 Å². The van der Waals surface area contributed by atoms with Crippen LogP contribution in [0.3, 0.4) is 0 Å². The lowest BCUT2D eigenvalue weighted by Gasteiger charge is -2.19. The van der Waals surface area contributed by atoms with Gasteiger partial charge < -0.3 is 14.9 Å². The third-order valence-corrected chi connectivity index (χ3v) is 3.00. The SMILES string of the molecule is Cc1cc(N2CCCC2)ccc1B(O)O. The molecule has 0 radical (unpaired) electrons. The van der Waals surface area contributed by atoms with Crippen molar-refractivity contribution >= 4 is 18.3 Å². The van der Waals surface area contributed by atoms with Gasteiger partial charge in [0.2, 0.25) is 0 Å². The Morgan fingerprint density at radius 1 is 1.20 bits per heavy atom. The average Bonchev–Trinajstić information content (AvgIpc) is 2.69. The molecule has 15 heavy (non-hydrogen) atoms. The van der Waals surface area contributed by atoms with E-state index in [2.05, 4.69) is 4.90 Å². The third kappa shape index (κ3) is 2.16. The lowest BCUT2D eigenvalue weighted by Crippen LogP contribution is -2.32. The van der Waals surface area contributed by atoms with E-state index in [-0.39, 0.29) is 0 Å². The van der Waals surface area contributed by atoms with E-state index >= 15 is 0 Å². The van der Waals surface area contributed by atoms with E-state index in [0.717, 1.165) is 18.7 Å². The van der Waals surface area contributed by atoms with Crippen LogP contribution in [-0.4, -0.2) is 30.3 Å². The second-order valence-electron chi connectivity index (χ2n) is 4.11. The number of benzene rings is 1. The first-order valence-electron chi connectivity index (χ1n) is 5.40. The minimum absolute atomic E-state index is 0.595. The first-order chi connectivity index (χ1) is 7.18. The number of anilines is 1. The summed E-state index contributed by atoms with van der Waals surface area (Å²) in [5, 5.41) is 18.2. The minimum atomic E-state index is -1.36.